The van der Waals surface area contributed by atoms with Gasteiger partial charge in [-0.2, -0.15) is 5.10 Å². The molecule has 17 heavy (non-hydrogen) atoms. The van der Waals surface area contributed by atoms with Crippen molar-refractivity contribution in [2.75, 3.05) is 0 Å². The highest BCUT2D eigenvalue weighted by Gasteiger charge is 2.17. The fourth-order valence-electron chi connectivity index (χ4n) is 1.83. The molecule has 0 amide bonds. The first kappa shape index (κ1) is 12.4. The van der Waals surface area contributed by atoms with Crippen LogP contribution in [0, 0.1) is 0 Å². The van der Waals surface area contributed by atoms with Crippen molar-refractivity contribution in [1.29, 1.82) is 0 Å². The largest absolute Gasteiger partial charge is 0.469 e. The van der Waals surface area contributed by atoms with Crippen LogP contribution in [0.15, 0.2) is 33.5 Å². The maximum Gasteiger partial charge on any atom is 0.103 e. The number of rotatable bonds is 5. The Hall–Kier alpha value is -1.07. The van der Waals surface area contributed by atoms with Gasteiger partial charge in [0.25, 0.3) is 0 Å². The quantitative estimate of drug-likeness (QED) is 0.923. The third-order valence-corrected chi connectivity index (χ3v) is 3.30. The van der Waals surface area contributed by atoms with Crippen LogP contribution in [0.5, 0.6) is 0 Å². The standard InChI is InChI=1S/C12H15BrN2O2/c1-2-15-12(10(13)8-14-15)11(16)6-5-9-4-3-7-17-9/h3-4,7-8,11,16H,2,5-6H2,1H3. The number of aliphatic hydroxyl groups is 1. The molecule has 2 aromatic heterocycles. The second-order valence-electron chi connectivity index (χ2n) is 3.83. The molecule has 0 aromatic carbocycles. The van der Waals surface area contributed by atoms with Crippen LogP contribution in [0.1, 0.15) is 30.9 Å². The van der Waals surface area contributed by atoms with Crippen molar-refractivity contribution in [1.82, 2.24) is 9.78 Å². The second kappa shape index (κ2) is 5.51. The lowest BCUT2D eigenvalue weighted by molar-refractivity contribution is 0.154. The number of aromatic nitrogens is 2. The van der Waals surface area contributed by atoms with Gasteiger partial charge in [-0.25, -0.2) is 0 Å². The summed E-state index contributed by atoms with van der Waals surface area (Å²) < 4.78 is 7.90. The third kappa shape index (κ3) is 2.79. The van der Waals surface area contributed by atoms with E-state index in [9.17, 15) is 5.11 Å². The molecule has 1 unspecified atom stereocenters. The van der Waals surface area contributed by atoms with Crippen molar-refractivity contribution < 1.29 is 9.52 Å². The molecular weight excluding hydrogens is 284 g/mol. The zero-order valence-corrected chi connectivity index (χ0v) is 11.2. The Morgan fingerprint density at radius 1 is 1.59 bits per heavy atom. The number of hydrogen-bond donors (Lipinski definition) is 1. The third-order valence-electron chi connectivity index (χ3n) is 2.69. The number of hydrogen-bond acceptors (Lipinski definition) is 3. The number of halogens is 1. The smallest absolute Gasteiger partial charge is 0.103 e. The molecule has 2 heterocycles. The van der Waals surface area contributed by atoms with Crippen LogP contribution in [0.4, 0.5) is 0 Å². The summed E-state index contributed by atoms with van der Waals surface area (Å²) in [4.78, 5) is 0. The molecule has 2 rings (SSSR count). The SMILES string of the molecule is CCn1ncc(Br)c1C(O)CCc1ccco1. The van der Waals surface area contributed by atoms with Crippen molar-refractivity contribution >= 4 is 15.9 Å². The van der Waals surface area contributed by atoms with Crippen molar-refractivity contribution in [2.45, 2.75) is 32.4 Å². The summed E-state index contributed by atoms with van der Waals surface area (Å²) in [6, 6.07) is 3.77. The van der Waals surface area contributed by atoms with E-state index in [1.54, 1.807) is 17.1 Å². The summed E-state index contributed by atoms with van der Waals surface area (Å²) in [6.45, 7) is 2.75. The Balaban J connectivity index is 2.03. The average molecular weight is 299 g/mol. The van der Waals surface area contributed by atoms with Crippen molar-refractivity contribution in [3.05, 3.63) is 40.5 Å². The van der Waals surface area contributed by atoms with Gasteiger partial charge >= 0.3 is 0 Å². The molecule has 5 heteroatoms. The molecule has 0 spiro atoms. The monoisotopic (exact) mass is 298 g/mol. The molecule has 0 bridgehead atoms. The highest BCUT2D eigenvalue weighted by atomic mass is 79.9. The molecule has 0 aliphatic heterocycles. The van der Waals surface area contributed by atoms with Gasteiger partial charge in [0.05, 0.1) is 28.7 Å². The lowest BCUT2D eigenvalue weighted by Crippen LogP contribution is -2.09. The van der Waals surface area contributed by atoms with E-state index in [0.717, 1.165) is 28.9 Å². The molecule has 92 valence electrons. The Kier molecular flexibility index (Phi) is 4.02. The van der Waals surface area contributed by atoms with Crippen LogP contribution in [-0.4, -0.2) is 14.9 Å². The molecule has 0 aliphatic rings. The minimum absolute atomic E-state index is 0.531. The van der Waals surface area contributed by atoms with Crippen LogP contribution in [0.25, 0.3) is 0 Å². The number of furan rings is 1. The molecule has 4 nitrogen and oxygen atoms in total. The Morgan fingerprint density at radius 3 is 3.06 bits per heavy atom. The van der Waals surface area contributed by atoms with Crippen LogP contribution in [-0.2, 0) is 13.0 Å². The van der Waals surface area contributed by atoms with Gasteiger partial charge in [0.15, 0.2) is 0 Å². The first-order chi connectivity index (χ1) is 8.22. The second-order valence-corrected chi connectivity index (χ2v) is 4.68. The Bertz CT molecular complexity index is 465. The number of aryl methyl sites for hydroxylation is 2. The molecule has 2 aromatic rings. The normalized spacial score (nSPS) is 12.9. The molecule has 0 saturated carbocycles. The van der Waals surface area contributed by atoms with Crippen LogP contribution in [0.3, 0.4) is 0 Å². The maximum absolute atomic E-state index is 10.2. The van der Waals surface area contributed by atoms with E-state index in [4.69, 9.17) is 4.42 Å². The predicted molar refractivity (Wildman–Crippen MR) is 67.6 cm³/mol. The van der Waals surface area contributed by atoms with E-state index in [1.165, 1.54) is 0 Å². The van der Waals surface area contributed by atoms with Crippen LogP contribution >= 0.6 is 15.9 Å². The summed E-state index contributed by atoms with van der Waals surface area (Å²) in [5.74, 6) is 0.891. The van der Waals surface area contributed by atoms with E-state index in [-0.39, 0.29) is 0 Å². The van der Waals surface area contributed by atoms with E-state index >= 15 is 0 Å². The Labute approximate surface area is 108 Å². The molecule has 1 atom stereocenters. The van der Waals surface area contributed by atoms with Crippen molar-refractivity contribution in [3.8, 4) is 0 Å². The Morgan fingerprint density at radius 2 is 2.41 bits per heavy atom. The van der Waals surface area contributed by atoms with E-state index in [1.807, 2.05) is 19.1 Å². The summed E-state index contributed by atoms with van der Waals surface area (Å²) in [5.41, 5.74) is 0.832. The fourth-order valence-corrected chi connectivity index (χ4v) is 2.39. The van der Waals surface area contributed by atoms with Gasteiger partial charge < -0.3 is 9.52 Å². The van der Waals surface area contributed by atoms with Crippen LogP contribution in [0.2, 0.25) is 0 Å². The summed E-state index contributed by atoms with van der Waals surface area (Å²) in [7, 11) is 0. The average Bonchev–Trinajstić information content (AvgIpc) is 2.94. The van der Waals surface area contributed by atoms with Crippen molar-refractivity contribution in [3.63, 3.8) is 0 Å². The van der Waals surface area contributed by atoms with Gasteiger partial charge in [-0.05, 0) is 41.4 Å². The molecule has 0 aliphatic carbocycles. The lowest BCUT2D eigenvalue weighted by atomic mass is 10.1. The highest BCUT2D eigenvalue weighted by molar-refractivity contribution is 9.10. The number of nitrogens with zero attached hydrogens (tertiary/aromatic N) is 2. The van der Waals surface area contributed by atoms with Crippen molar-refractivity contribution in [2.24, 2.45) is 0 Å². The van der Waals surface area contributed by atoms with Gasteiger partial charge in [0.2, 0.25) is 0 Å². The van der Waals surface area contributed by atoms with E-state index < -0.39 is 6.10 Å². The highest BCUT2D eigenvalue weighted by Crippen LogP contribution is 2.26. The predicted octanol–water partition coefficient (Wildman–Crippen LogP) is 2.92. The fraction of sp³-hybridized carbons (Fsp3) is 0.417. The molecule has 0 radical (unpaired) electrons. The molecular formula is C12H15BrN2O2. The summed E-state index contributed by atoms with van der Waals surface area (Å²) in [5, 5.41) is 14.4. The molecule has 0 fully saturated rings. The minimum atomic E-state index is -0.531. The number of aliphatic hydroxyl groups excluding tert-OH is 1. The first-order valence-electron chi connectivity index (χ1n) is 5.64. The first-order valence-corrected chi connectivity index (χ1v) is 6.43. The lowest BCUT2D eigenvalue weighted by Gasteiger charge is -2.12. The van der Waals surface area contributed by atoms with Gasteiger partial charge in [0.1, 0.15) is 5.76 Å². The van der Waals surface area contributed by atoms with Gasteiger partial charge in [0, 0.05) is 13.0 Å². The summed E-state index contributed by atoms with van der Waals surface area (Å²) >= 11 is 3.41. The minimum Gasteiger partial charge on any atom is -0.469 e. The zero-order valence-electron chi connectivity index (χ0n) is 9.64. The van der Waals surface area contributed by atoms with Crippen LogP contribution < -0.4 is 0 Å². The summed E-state index contributed by atoms with van der Waals surface area (Å²) in [6.07, 6.45) is 4.17. The molecule has 1 N–H and O–H groups in total. The zero-order chi connectivity index (χ0) is 12.3. The van der Waals surface area contributed by atoms with Gasteiger partial charge in [-0.3, -0.25) is 4.68 Å². The van der Waals surface area contributed by atoms with E-state index in [2.05, 4.69) is 21.0 Å². The topological polar surface area (TPSA) is 51.2 Å². The maximum atomic E-state index is 10.2. The van der Waals surface area contributed by atoms with Gasteiger partial charge in [-0.15, -0.1) is 0 Å². The molecule has 0 saturated heterocycles. The van der Waals surface area contributed by atoms with E-state index in [0.29, 0.717) is 6.42 Å². The van der Waals surface area contributed by atoms with Gasteiger partial charge in [-0.1, -0.05) is 0 Å².